The molecule has 3 heterocycles. The van der Waals surface area contributed by atoms with E-state index in [1.165, 1.54) is 0 Å². The van der Waals surface area contributed by atoms with Crippen molar-refractivity contribution in [3.05, 3.63) is 42.4 Å². The van der Waals surface area contributed by atoms with Crippen LogP contribution in [0.1, 0.15) is 54.8 Å². The molecule has 0 unspecified atom stereocenters. The average Bonchev–Trinajstić information content (AvgIpc) is 3.42. The Hall–Kier alpha value is -2.57. The van der Waals surface area contributed by atoms with Crippen molar-refractivity contribution in [2.45, 2.75) is 51.1 Å². The fraction of sp³-hybridized carbons (Fsp3) is 0.550. The Bertz CT molecular complexity index is 783. The number of rotatable bonds is 3. The summed E-state index contributed by atoms with van der Waals surface area (Å²) in [5.41, 5.74) is 0. The van der Waals surface area contributed by atoms with Crippen LogP contribution in [0.5, 0.6) is 0 Å². The largest absolute Gasteiger partial charge is 0.454 e. The van der Waals surface area contributed by atoms with Gasteiger partial charge in [0.15, 0.2) is 5.76 Å². The second-order valence-corrected chi connectivity index (χ2v) is 7.46. The molecule has 2 fully saturated rings. The molecule has 1 aliphatic carbocycles. The van der Waals surface area contributed by atoms with Gasteiger partial charge in [0.25, 0.3) is 5.91 Å². The maximum absolute atomic E-state index is 13.2. The number of hydrogen-bond acceptors (Lipinski definition) is 4. The van der Waals surface area contributed by atoms with Gasteiger partial charge in [-0.25, -0.2) is 4.98 Å². The predicted octanol–water partition coefficient (Wildman–Crippen LogP) is 2.44. The molecule has 2 atom stereocenters. The fourth-order valence-electron chi connectivity index (χ4n) is 4.24. The lowest BCUT2D eigenvalue weighted by Gasteiger charge is -2.33. The first kappa shape index (κ1) is 17.8. The summed E-state index contributed by atoms with van der Waals surface area (Å²) in [7, 11) is 0. The van der Waals surface area contributed by atoms with Crippen LogP contribution < -0.4 is 5.32 Å². The number of nitrogens with one attached hydrogen (secondary N) is 1. The lowest BCUT2D eigenvalue weighted by molar-refractivity contribution is -0.126. The van der Waals surface area contributed by atoms with E-state index in [1.807, 2.05) is 21.7 Å². The summed E-state index contributed by atoms with van der Waals surface area (Å²) in [6, 6.07) is 3.56. The highest BCUT2D eigenvalue weighted by Gasteiger charge is 2.39. The normalized spacial score (nSPS) is 23.7. The first-order chi connectivity index (χ1) is 13.2. The number of carbonyl (C=O) groups excluding carboxylic acids is 2. The summed E-state index contributed by atoms with van der Waals surface area (Å²) in [6.45, 7) is 1.97. The van der Waals surface area contributed by atoms with E-state index in [2.05, 4.69) is 10.3 Å². The number of amides is 2. The van der Waals surface area contributed by atoms with Crippen LogP contribution in [0.4, 0.5) is 0 Å². The number of imidazole rings is 1. The first-order valence-corrected chi connectivity index (χ1v) is 9.85. The van der Waals surface area contributed by atoms with Crippen LogP contribution in [0.3, 0.4) is 0 Å². The van der Waals surface area contributed by atoms with E-state index in [9.17, 15) is 9.59 Å². The highest BCUT2D eigenvalue weighted by molar-refractivity contribution is 5.92. The standard InChI is InChI=1S/C20H26N4O3/c25-19-16-5-4-6-17(16)24(11-3-1-2-9-22-19)20(26)18-8-7-15(27-18)13-23-12-10-21-14-23/h7-8,10,12,14,16-17H,1-6,9,11,13H2,(H,22,25)/t16-,17+/m1/s1. The van der Waals surface area contributed by atoms with E-state index in [1.54, 1.807) is 18.6 Å². The van der Waals surface area contributed by atoms with E-state index in [-0.39, 0.29) is 23.8 Å². The smallest absolute Gasteiger partial charge is 0.289 e. The molecule has 4 rings (SSSR count). The molecule has 0 radical (unpaired) electrons. The molecule has 2 aliphatic rings. The summed E-state index contributed by atoms with van der Waals surface area (Å²) in [5, 5.41) is 3.04. The molecule has 2 aromatic rings. The molecular formula is C20H26N4O3. The van der Waals surface area contributed by atoms with Gasteiger partial charge in [-0.2, -0.15) is 0 Å². The van der Waals surface area contributed by atoms with Crippen molar-refractivity contribution < 1.29 is 14.0 Å². The van der Waals surface area contributed by atoms with Crippen LogP contribution in [-0.2, 0) is 11.3 Å². The molecule has 0 aromatic carbocycles. The number of hydrogen-bond donors (Lipinski definition) is 1. The van der Waals surface area contributed by atoms with Crippen LogP contribution in [-0.4, -0.2) is 45.4 Å². The summed E-state index contributed by atoms with van der Waals surface area (Å²) in [4.78, 5) is 31.6. The summed E-state index contributed by atoms with van der Waals surface area (Å²) in [5.74, 6) is 0.966. The van der Waals surface area contributed by atoms with Gasteiger partial charge in [0.2, 0.25) is 5.91 Å². The highest BCUT2D eigenvalue weighted by Crippen LogP contribution is 2.32. The summed E-state index contributed by atoms with van der Waals surface area (Å²) < 4.78 is 7.73. The molecular weight excluding hydrogens is 344 g/mol. The number of aromatic nitrogens is 2. The van der Waals surface area contributed by atoms with Crippen molar-refractivity contribution in [3.8, 4) is 0 Å². The van der Waals surface area contributed by atoms with Crippen molar-refractivity contribution in [1.82, 2.24) is 19.8 Å². The Kier molecular flexibility index (Phi) is 5.27. The predicted molar refractivity (Wildman–Crippen MR) is 99.1 cm³/mol. The minimum atomic E-state index is -0.104. The molecule has 1 N–H and O–H groups in total. The maximum atomic E-state index is 13.2. The van der Waals surface area contributed by atoms with Crippen LogP contribution >= 0.6 is 0 Å². The third-order valence-corrected chi connectivity index (χ3v) is 5.62. The minimum absolute atomic E-state index is 0.0298. The van der Waals surface area contributed by atoms with Crippen molar-refractivity contribution >= 4 is 11.8 Å². The zero-order valence-corrected chi connectivity index (χ0v) is 15.5. The van der Waals surface area contributed by atoms with Gasteiger partial charge in [-0.3, -0.25) is 9.59 Å². The van der Waals surface area contributed by atoms with E-state index < -0.39 is 0 Å². The number of furan rings is 1. The number of carbonyl (C=O) groups is 2. The van der Waals surface area contributed by atoms with Crippen molar-refractivity contribution in [1.29, 1.82) is 0 Å². The van der Waals surface area contributed by atoms with Crippen molar-refractivity contribution in [3.63, 3.8) is 0 Å². The molecule has 7 nitrogen and oxygen atoms in total. The van der Waals surface area contributed by atoms with Gasteiger partial charge in [0, 0.05) is 31.5 Å². The molecule has 0 spiro atoms. The average molecular weight is 370 g/mol. The minimum Gasteiger partial charge on any atom is -0.454 e. The van der Waals surface area contributed by atoms with Gasteiger partial charge in [-0.15, -0.1) is 0 Å². The van der Waals surface area contributed by atoms with Gasteiger partial charge >= 0.3 is 0 Å². The van der Waals surface area contributed by atoms with E-state index in [0.29, 0.717) is 18.8 Å². The summed E-state index contributed by atoms with van der Waals surface area (Å²) >= 11 is 0. The third kappa shape index (κ3) is 3.91. The molecule has 7 heteroatoms. The lowest BCUT2D eigenvalue weighted by atomic mass is 9.99. The number of nitrogens with zero attached hydrogens (tertiary/aromatic N) is 3. The topological polar surface area (TPSA) is 80.4 Å². The van der Waals surface area contributed by atoms with Gasteiger partial charge in [0.1, 0.15) is 5.76 Å². The molecule has 144 valence electrons. The van der Waals surface area contributed by atoms with Gasteiger partial charge in [0.05, 0.1) is 18.8 Å². The zero-order valence-electron chi connectivity index (χ0n) is 15.5. The quantitative estimate of drug-likeness (QED) is 0.900. The van der Waals surface area contributed by atoms with E-state index in [0.717, 1.165) is 50.8 Å². The SMILES string of the molecule is O=C1NCCCCCN(C(=O)c2ccc(Cn3ccnc3)o2)[C@H]2CCC[C@@H]12. The Labute approximate surface area is 158 Å². The lowest BCUT2D eigenvalue weighted by Crippen LogP contribution is -2.48. The maximum Gasteiger partial charge on any atom is 0.289 e. The molecule has 1 aliphatic heterocycles. The molecule has 1 saturated heterocycles. The second kappa shape index (κ2) is 7.98. The van der Waals surface area contributed by atoms with Gasteiger partial charge in [-0.1, -0.05) is 6.42 Å². The molecule has 2 amide bonds. The van der Waals surface area contributed by atoms with E-state index in [4.69, 9.17) is 4.42 Å². The Balaban J connectivity index is 1.52. The molecule has 1 saturated carbocycles. The third-order valence-electron chi connectivity index (χ3n) is 5.62. The number of fused-ring (bicyclic) bond motifs is 1. The zero-order chi connectivity index (χ0) is 18.6. The Morgan fingerprint density at radius 2 is 2.15 bits per heavy atom. The van der Waals surface area contributed by atoms with Crippen LogP contribution in [0, 0.1) is 5.92 Å². The van der Waals surface area contributed by atoms with Crippen LogP contribution in [0.2, 0.25) is 0 Å². The Morgan fingerprint density at radius 1 is 1.22 bits per heavy atom. The highest BCUT2D eigenvalue weighted by atomic mass is 16.4. The van der Waals surface area contributed by atoms with Gasteiger partial charge in [-0.05, 0) is 44.2 Å². The molecule has 0 bridgehead atoms. The fourth-order valence-corrected chi connectivity index (χ4v) is 4.24. The first-order valence-electron chi connectivity index (χ1n) is 9.85. The monoisotopic (exact) mass is 370 g/mol. The Morgan fingerprint density at radius 3 is 3.00 bits per heavy atom. The van der Waals surface area contributed by atoms with Crippen LogP contribution in [0.15, 0.2) is 35.3 Å². The molecule has 2 aromatic heterocycles. The molecule has 27 heavy (non-hydrogen) atoms. The van der Waals surface area contributed by atoms with Crippen LogP contribution in [0.25, 0.3) is 0 Å². The second-order valence-electron chi connectivity index (χ2n) is 7.46. The summed E-state index contributed by atoms with van der Waals surface area (Å²) in [6.07, 6.45) is 10.9. The van der Waals surface area contributed by atoms with Gasteiger partial charge < -0.3 is 19.2 Å². The van der Waals surface area contributed by atoms with Crippen molar-refractivity contribution in [2.24, 2.45) is 5.92 Å². The van der Waals surface area contributed by atoms with E-state index >= 15 is 0 Å². The van der Waals surface area contributed by atoms with Crippen molar-refractivity contribution in [2.75, 3.05) is 13.1 Å².